The molecule has 1 atom stereocenters. The molecule has 154 valence electrons. The first-order chi connectivity index (χ1) is 14.2. The minimum atomic E-state index is -0.327. The van der Waals surface area contributed by atoms with Crippen molar-refractivity contribution in [1.82, 2.24) is 25.0 Å². The lowest BCUT2D eigenvalue weighted by Gasteiger charge is -2.26. The van der Waals surface area contributed by atoms with E-state index in [9.17, 15) is 9.18 Å². The summed E-state index contributed by atoms with van der Waals surface area (Å²) < 4.78 is 15.4. The van der Waals surface area contributed by atoms with Gasteiger partial charge in [0.25, 0.3) is 0 Å². The summed E-state index contributed by atoms with van der Waals surface area (Å²) in [6.07, 6.45) is 9.30. The van der Waals surface area contributed by atoms with Crippen LogP contribution in [0.3, 0.4) is 0 Å². The predicted molar refractivity (Wildman–Crippen MR) is 109 cm³/mol. The molecule has 0 saturated heterocycles. The third-order valence-corrected chi connectivity index (χ3v) is 5.79. The highest BCUT2D eigenvalue weighted by atomic mass is 19.1. The van der Waals surface area contributed by atoms with Crippen LogP contribution in [0.4, 0.5) is 4.39 Å². The van der Waals surface area contributed by atoms with Crippen LogP contribution in [0.2, 0.25) is 0 Å². The Morgan fingerprint density at radius 1 is 1.21 bits per heavy atom. The fraction of sp³-hybridized carbons (Fsp3) is 0.500. The zero-order valence-corrected chi connectivity index (χ0v) is 16.7. The summed E-state index contributed by atoms with van der Waals surface area (Å²) in [5, 5.41) is 11.5. The number of halogens is 1. The maximum Gasteiger partial charge on any atom is 0.224 e. The number of benzene rings is 1. The first-order valence-electron chi connectivity index (χ1n) is 10.5. The summed E-state index contributed by atoms with van der Waals surface area (Å²) in [6, 6.07) is 6.13. The Labute approximate surface area is 170 Å². The lowest BCUT2D eigenvalue weighted by atomic mass is 9.94. The second kappa shape index (κ2) is 9.31. The summed E-state index contributed by atoms with van der Waals surface area (Å²) in [6.45, 7) is 4.32. The van der Waals surface area contributed by atoms with Crippen LogP contribution in [0.5, 0.6) is 0 Å². The Morgan fingerprint density at radius 3 is 2.97 bits per heavy atom. The van der Waals surface area contributed by atoms with Crippen LogP contribution in [0.15, 0.2) is 36.4 Å². The van der Waals surface area contributed by atoms with Gasteiger partial charge in [-0.05, 0) is 42.9 Å². The second-order valence-electron chi connectivity index (χ2n) is 7.97. The van der Waals surface area contributed by atoms with Gasteiger partial charge in [-0.2, -0.15) is 0 Å². The number of nitrogens with zero attached hydrogens (tertiary/aromatic N) is 4. The molecule has 0 saturated carbocycles. The van der Waals surface area contributed by atoms with Crippen LogP contribution < -0.4 is 5.32 Å². The number of fused-ring (bicyclic) bond motifs is 1. The number of hydrogen-bond donors (Lipinski definition) is 1. The van der Waals surface area contributed by atoms with E-state index >= 15 is 0 Å². The summed E-state index contributed by atoms with van der Waals surface area (Å²) in [7, 11) is 0. The van der Waals surface area contributed by atoms with E-state index in [4.69, 9.17) is 0 Å². The number of aromatic nitrogens is 3. The van der Waals surface area contributed by atoms with Gasteiger partial charge in [0.2, 0.25) is 5.91 Å². The number of amides is 1. The maximum atomic E-state index is 13.3. The highest BCUT2D eigenvalue weighted by molar-refractivity contribution is 5.78. The lowest BCUT2D eigenvalue weighted by Crippen LogP contribution is -2.33. The minimum Gasteiger partial charge on any atom is -0.349 e. The van der Waals surface area contributed by atoms with Crippen LogP contribution >= 0.6 is 0 Å². The largest absolute Gasteiger partial charge is 0.349 e. The van der Waals surface area contributed by atoms with Crippen LogP contribution in [-0.2, 0) is 30.7 Å². The summed E-state index contributed by atoms with van der Waals surface area (Å²) in [4.78, 5) is 14.8. The van der Waals surface area contributed by atoms with Crippen molar-refractivity contribution in [2.45, 2.75) is 45.2 Å². The summed E-state index contributed by atoms with van der Waals surface area (Å²) in [5.41, 5.74) is 0.663. The van der Waals surface area contributed by atoms with Crippen molar-refractivity contribution in [1.29, 1.82) is 0 Å². The first kappa shape index (κ1) is 19.8. The molecule has 1 aromatic carbocycles. The number of allylic oxidation sites excluding steroid dienone is 2. The molecule has 2 heterocycles. The zero-order chi connectivity index (χ0) is 20.1. The topological polar surface area (TPSA) is 63.1 Å². The molecule has 4 rings (SSSR count). The Bertz CT molecular complexity index is 878. The molecule has 1 N–H and O–H groups in total. The van der Waals surface area contributed by atoms with Crippen molar-refractivity contribution < 1.29 is 9.18 Å². The molecule has 1 aliphatic carbocycles. The van der Waals surface area contributed by atoms with Gasteiger partial charge in [-0.15, -0.1) is 10.2 Å². The Balaban J connectivity index is 1.29. The van der Waals surface area contributed by atoms with Gasteiger partial charge in [0.15, 0.2) is 5.82 Å². The molecule has 0 spiro atoms. The number of hydrogen-bond acceptors (Lipinski definition) is 4. The lowest BCUT2D eigenvalue weighted by molar-refractivity contribution is -0.120. The van der Waals surface area contributed by atoms with E-state index in [2.05, 4.69) is 37.1 Å². The van der Waals surface area contributed by atoms with E-state index < -0.39 is 0 Å². The maximum absolute atomic E-state index is 13.3. The van der Waals surface area contributed by atoms with Gasteiger partial charge in [0.05, 0.1) is 13.0 Å². The molecule has 1 unspecified atom stereocenters. The summed E-state index contributed by atoms with van der Waals surface area (Å²) >= 11 is 0. The average molecular weight is 397 g/mol. The van der Waals surface area contributed by atoms with E-state index in [1.54, 1.807) is 12.1 Å². The fourth-order valence-corrected chi connectivity index (χ4v) is 4.20. The molecule has 1 aliphatic heterocycles. The molecule has 2 aromatic rings. The molecule has 7 heteroatoms. The van der Waals surface area contributed by atoms with Crippen molar-refractivity contribution >= 4 is 5.91 Å². The smallest absolute Gasteiger partial charge is 0.224 e. The zero-order valence-electron chi connectivity index (χ0n) is 16.7. The van der Waals surface area contributed by atoms with E-state index in [0.717, 1.165) is 50.2 Å². The molecule has 0 bridgehead atoms. The third kappa shape index (κ3) is 5.29. The van der Waals surface area contributed by atoms with Gasteiger partial charge in [-0.1, -0.05) is 24.3 Å². The Hall–Kier alpha value is -2.54. The van der Waals surface area contributed by atoms with Crippen molar-refractivity contribution in [3.63, 3.8) is 0 Å². The van der Waals surface area contributed by atoms with Crippen molar-refractivity contribution in [2.24, 2.45) is 5.92 Å². The number of carbonyl (C=O) groups excluding carboxylic acids is 1. The average Bonchev–Trinajstić information content (AvgIpc) is 3.00. The quantitative estimate of drug-likeness (QED) is 0.761. The Kier molecular flexibility index (Phi) is 6.34. The van der Waals surface area contributed by atoms with E-state index in [-0.39, 0.29) is 18.1 Å². The Morgan fingerprint density at radius 2 is 2.14 bits per heavy atom. The number of rotatable bonds is 6. The molecule has 0 fully saturated rings. The van der Waals surface area contributed by atoms with Gasteiger partial charge < -0.3 is 14.8 Å². The van der Waals surface area contributed by atoms with E-state index in [1.807, 2.05) is 0 Å². The van der Waals surface area contributed by atoms with Crippen LogP contribution in [0, 0.1) is 11.7 Å². The molecular weight excluding hydrogens is 369 g/mol. The summed E-state index contributed by atoms with van der Waals surface area (Å²) in [5.74, 6) is 2.06. The number of nitrogens with one attached hydrogen (secondary N) is 1. The first-order valence-corrected chi connectivity index (χ1v) is 10.5. The minimum absolute atomic E-state index is 0.145. The van der Waals surface area contributed by atoms with E-state index in [1.165, 1.54) is 31.4 Å². The predicted octanol–water partition coefficient (Wildman–Crippen LogP) is 2.49. The second-order valence-corrected chi connectivity index (χ2v) is 7.97. The van der Waals surface area contributed by atoms with Gasteiger partial charge in [-0.25, -0.2) is 4.39 Å². The van der Waals surface area contributed by atoms with Crippen molar-refractivity contribution in [3.8, 4) is 0 Å². The van der Waals surface area contributed by atoms with Crippen LogP contribution in [0.25, 0.3) is 0 Å². The van der Waals surface area contributed by atoms with Crippen LogP contribution in [0.1, 0.15) is 36.5 Å². The monoisotopic (exact) mass is 397 g/mol. The van der Waals surface area contributed by atoms with Crippen molar-refractivity contribution in [2.75, 3.05) is 19.6 Å². The molecule has 1 amide bonds. The normalized spacial score (nSPS) is 19.6. The van der Waals surface area contributed by atoms with Gasteiger partial charge in [0.1, 0.15) is 11.6 Å². The molecule has 1 aromatic heterocycles. The van der Waals surface area contributed by atoms with E-state index in [0.29, 0.717) is 12.1 Å². The number of carbonyl (C=O) groups is 1. The van der Waals surface area contributed by atoms with Crippen molar-refractivity contribution in [3.05, 3.63) is 59.4 Å². The molecular formula is C22H28FN5O. The van der Waals surface area contributed by atoms with Gasteiger partial charge >= 0.3 is 0 Å². The molecule has 6 nitrogen and oxygen atoms in total. The van der Waals surface area contributed by atoms with Gasteiger partial charge in [0, 0.05) is 32.6 Å². The van der Waals surface area contributed by atoms with Crippen LogP contribution in [-0.4, -0.2) is 45.2 Å². The SMILES string of the molecule is O=C(Cc1cccc(F)c1)NCc1nnc2n1CCN(CC1CC=CCC1)CC2. The molecule has 2 aliphatic rings. The van der Waals surface area contributed by atoms with Gasteiger partial charge in [-0.3, -0.25) is 4.79 Å². The highest BCUT2D eigenvalue weighted by Crippen LogP contribution is 2.20. The molecule has 0 radical (unpaired) electrons. The standard InChI is InChI=1S/C22H28FN5O/c23-19-8-4-7-18(13-19)14-22(29)24-15-21-26-25-20-9-10-27(11-12-28(20)21)16-17-5-2-1-3-6-17/h1-2,4,7-8,13,17H,3,5-6,9-12,14-16H2,(H,24,29). The third-order valence-electron chi connectivity index (χ3n) is 5.79. The molecule has 29 heavy (non-hydrogen) atoms. The highest BCUT2D eigenvalue weighted by Gasteiger charge is 2.21. The fourth-order valence-electron chi connectivity index (χ4n) is 4.20.